The average Bonchev–Trinajstić information content (AvgIpc) is 2.73. The van der Waals surface area contributed by atoms with Gasteiger partial charge in [-0.25, -0.2) is 0 Å². The van der Waals surface area contributed by atoms with Crippen molar-refractivity contribution in [2.24, 2.45) is 0 Å². The molecule has 1 rings (SSSR count). The topological polar surface area (TPSA) is 3.24 Å². The molecule has 1 heterocycles. The van der Waals surface area contributed by atoms with Gasteiger partial charge < -0.3 is 4.90 Å². The molecule has 0 aliphatic carbocycles. The van der Waals surface area contributed by atoms with E-state index in [0.717, 1.165) is 6.04 Å². The quantitative estimate of drug-likeness (QED) is 0.605. The number of hydrogen-bond donors (Lipinski definition) is 0. The number of likely N-dealkylation sites (tertiary alicyclic amines) is 1. The minimum atomic E-state index is 0.905. The van der Waals surface area contributed by atoms with Crippen molar-refractivity contribution in [2.45, 2.75) is 58.4 Å². The van der Waals surface area contributed by atoms with Crippen LogP contribution in [0.4, 0.5) is 0 Å². The largest absolute Gasteiger partial charge is 0.300 e. The van der Waals surface area contributed by atoms with Crippen molar-refractivity contribution >= 4 is 0 Å². The molecule has 0 unspecified atom stereocenters. The summed E-state index contributed by atoms with van der Waals surface area (Å²) in [5, 5.41) is 0. The van der Waals surface area contributed by atoms with Gasteiger partial charge in [0.2, 0.25) is 0 Å². The van der Waals surface area contributed by atoms with Crippen LogP contribution in [0.3, 0.4) is 0 Å². The van der Waals surface area contributed by atoms with E-state index >= 15 is 0 Å². The second-order valence-corrected chi connectivity index (χ2v) is 3.97. The zero-order valence-corrected chi connectivity index (χ0v) is 10.1. The van der Waals surface area contributed by atoms with Gasteiger partial charge >= 0.3 is 0 Å². The predicted molar refractivity (Wildman–Crippen MR) is 65.7 cm³/mol. The van der Waals surface area contributed by atoms with Crippen LogP contribution in [0.2, 0.25) is 0 Å². The van der Waals surface area contributed by atoms with Crippen LogP contribution in [0.25, 0.3) is 0 Å². The molecule has 1 aliphatic heterocycles. The van der Waals surface area contributed by atoms with Gasteiger partial charge in [0.25, 0.3) is 0 Å². The molecule has 0 atom stereocenters. The molecular weight excluding hydrogens is 170 g/mol. The van der Waals surface area contributed by atoms with Crippen molar-refractivity contribution in [1.82, 2.24) is 4.90 Å². The number of rotatable bonds is 5. The van der Waals surface area contributed by atoms with Crippen LogP contribution >= 0.6 is 0 Å². The Hall–Kier alpha value is -0.300. The normalized spacial score (nSPS) is 16.8. The summed E-state index contributed by atoms with van der Waals surface area (Å²) in [6.07, 6.45) is 8.39. The van der Waals surface area contributed by atoms with Gasteiger partial charge in [-0.3, -0.25) is 0 Å². The molecule has 0 aromatic rings. The first-order valence-electron chi connectivity index (χ1n) is 6.12. The molecule has 0 amide bonds. The Labute approximate surface area is 90.2 Å². The minimum Gasteiger partial charge on any atom is -0.300 e. The summed E-state index contributed by atoms with van der Waals surface area (Å²) in [5.41, 5.74) is 0. The molecule has 0 saturated carbocycles. The van der Waals surface area contributed by atoms with Crippen molar-refractivity contribution in [1.29, 1.82) is 0 Å². The smallest absolute Gasteiger partial charge is 0.00950 e. The Morgan fingerprint density at radius 1 is 1.00 bits per heavy atom. The van der Waals surface area contributed by atoms with E-state index in [0.29, 0.717) is 0 Å². The highest BCUT2D eigenvalue weighted by molar-refractivity contribution is 4.75. The highest BCUT2D eigenvalue weighted by Gasteiger charge is 2.19. The Bertz CT molecular complexity index is 110. The van der Waals surface area contributed by atoms with Gasteiger partial charge in [0.05, 0.1) is 0 Å². The summed E-state index contributed by atoms with van der Waals surface area (Å²) < 4.78 is 0. The van der Waals surface area contributed by atoms with Gasteiger partial charge in [-0.2, -0.15) is 0 Å². The molecule has 1 fully saturated rings. The van der Waals surface area contributed by atoms with Crippen LogP contribution in [-0.2, 0) is 0 Å². The first-order valence-corrected chi connectivity index (χ1v) is 6.12. The predicted octanol–water partition coefficient (Wildman–Crippen LogP) is 3.85. The summed E-state index contributed by atoms with van der Waals surface area (Å²) in [5.74, 6) is 0. The highest BCUT2D eigenvalue weighted by Crippen LogP contribution is 2.18. The van der Waals surface area contributed by atoms with Crippen LogP contribution < -0.4 is 0 Å². The molecule has 0 aromatic carbocycles. The van der Waals surface area contributed by atoms with Gasteiger partial charge in [-0.15, -0.1) is 13.2 Å². The minimum absolute atomic E-state index is 0.905. The average molecular weight is 197 g/mol. The van der Waals surface area contributed by atoms with Crippen LogP contribution in [0, 0.1) is 0 Å². The maximum Gasteiger partial charge on any atom is 0.00950 e. The fourth-order valence-corrected chi connectivity index (χ4v) is 2.28. The van der Waals surface area contributed by atoms with Gasteiger partial charge in [0, 0.05) is 6.04 Å². The molecule has 1 saturated heterocycles. The summed E-state index contributed by atoms with van der Waals surface area (Å²) >= 11 is 0. The van der Waals surface area contributed by atoms with Crippen molar-refractivity contribution in [3.8, 4) is 0 Å². The maximum absolute atomic E-state index is 3.00. The SMILES string of the molecule is C=C.CCCC(CCC)N1CCCC1. The van der Waals surface area contributed by atoms with E-state index in [1.807, 2.05) is 0 Å². The van der Waals surface area contributed by atoms with Crippen molar-refractivity contribution in [3.63, 3.8) is 0 Å². The third kappa shape index (κ3) is 4.80. The Balaban J connectivity index is 0.000000791. The lowest BCUT2D eigenvalue weighted by Crippen LogP contribution is -2.32. The van der Waals surface area contributed by atoms with Crippen LogP contribution in [0.1, 0.15) is 52.4 Å². The monoisotopic (exact) mass is 197 g/mol. The second kappa shape index (κ2) is 9.26. The zero-order chi connectivity index (χ0) is 10.8. The molecule has 0 N–H and O–H groups in total. The fourth-order valence-electron chi connectivity index (χ4n) is 2.28. The summed E-state index contributed by atoms with van der Waals surface area (Å²) in [4.78, 5) is 2.70. The molecule has 1 nitrogen and oxygen atoms in total. The molecular formula is C13H27N. The lowest BCUT2D eigenvalue weighted by atomic mass is 10.1. The molecule has 14 heavy (non-hydrogen) atoms. The number of hydrogen-bond acceptors (Lipinski definition) is 1. The van der Waals surface area contributed by atoms with E-state index in [1.165, 1.54) is 51.6 Å². The van der Waals surface area contributed by atoms with Gasteiger partial charge in [0.1, 0.15) is 0 Å². The van der Waals surface area contributed by atoms with E-state index in [-0.39, 0.29) is 0 Å². The summed E-state index contributed by atoms with van der Waals surface area (Å²) in [6, 6.07) is 0.905. The lowest BCUT2D eigenvalue weighted by Gasteiger charge is -2.26. The summed E-state index contributed by atoms with van der Waals surface area (Å²) in [7, 11) is 0. The van der Waals surface area contributed by atoms with Crippen LogP contribution in [-0.4, -0.2) is 24.0 Å². The third-order valence-electron chi connectivity index (χ3n) is 2.90. The van der Waals surface area contributed by atoms with Crippen LogP contribution in [0.15, 0.2) is 13.2 Å². The second-order valence-electron chi connectivity index (χ2n) is 3.97. The lowest BCUT2D eigenvalue weighted by molar-refractivity contribution is 0.216. The van der Waals surface area contributed by atoms with Crippen LogP contribution in [0.5, 0.6) is 0 Å². The van der Waals surface area contributed by atoms with E-state index < -0.39 is 0 Å². The zero-order valence-electron chi connectivity index (χ0n) is 10.1. The molecule has 1 heteroatoms. The fraction of sp³-hybridized carbons (Fsp3) is 0.846. The Morgan fingerprint density at radius 2 is 1.43 bits per heavy atom. The molecule has 0 radical (unpaired) electrons. The van der Waals surface area contributed by atoms with Gasteiger partial charge in [-0.1, -0.05) is 26.7 Å². The molecule has 84 valence electrons. The van der Waals surface area contributed by atoms with Crippen molar-refractivity contribution in [2.75, 3.05) is 13.1 Å². The van der Waals surface area contributed by atoms with Gasteiger partial charge in [-0.05, 0) is 38.8 Å². The van der Waals surface area contributed by atoms with E-state index in [1.54, 1.807) is 0 Å². The first-order chi connectivity index (χ1) is 6.88. The highest BCUT2D eigenvalue weighted by atomic mass is 15.2. The van der Waals surface area contributed by atoms with Gasteiger partial charge in [0.15, 0.2) is 0 Å². The van der Waals surface area contributed by atoms with E-state index in [4.69, 9.17) is 0 Å². The van der Waals surface area contributed by atoms with E-state index in [2.05, 4.69) is 31.9 Å². The third-order valence-corrected chi connectivity index (χ3v) is 2.90. The molecule has 0 spiro atoms. The summed E-state index contributed by atoms with van der Waals surface area (Å²) in [6.45, 7) is 13.3. The molecule has 0 aromatic heterocycles. The van der Waals surface area contributed by atoms with Crippen molar-refractivity contribution < 1.29 is 0 Å². The number of nitrogens with zero attached hydrogens (tertiary/aromatic N) is 1. The first kappa shape index (κ1) is 13.7. The van der Waals surface area contributed by atoms with E-state index in [9.17, 15) is 0 Å². The van der Waals surface area contributed by atoms with Crippen molar-refractivity contribution in [3.05, 3.63) is 13.2 Å². The molecule has 1 aliphatic rings. The standard InChI is InChI=1S/C11H23N.C2H4/c1-3-7-11(8-4-2)12-9-5-6-10-12;1-2/h11H,3-10H2,1-2H3;1-2H2. The molecule has 0 bridgehead atoms. The Morgan fingerprint density at radius 3 is 1.79 bits per heavy atom. The Kier molecular flexibility index (Phi) is 9.06. The maximum atomic E-state index is 3.00.